The molecule has 0 fully saturated rings. The Kier molecular flexibility index (Phi) is 4.77. The summed E-state index contributed by atoms with van der Waals surface area (Å²) in [5.41, 5.74) is 6.48. The molecule has 3 aromatic rings. The molecule has 1 aliphatic heterocycles. The van der Waals surface area contributed by atoms with E-state index in [-0.39, 0.29) is 5.91 Å². The van der Waals surface area contributed by atoms with Crippen LogP contribution < -0.4 is 5.32 Å². The van der Waals surface area contributed by atoms with Gasteiger partial charge in [0.15, 0.2) is 5.82 Å². The number of aromatic amines is 1. The minimum absolute atomic E-state index is 0.112. The van der Waals surface area contributed by atoms with Gasteiger partial charge in [-0.2, -0.15) is 5.10 Å². The summed E-state index contributed by atoms with van der Waals surface area (Å²) in [7, 11) is 0. The summed E-state index contributed by atoms with van der Waals surface area (Å²) in [6.07, 6.45) is 0.876. The summed E-state index contributed by atoms with van der Waals surface area (Å²) in [5, 5.41) is 10.5. The second-order valence-electron chi connectivity index (χ2n) is 7.23. The third-order valence-corrected chi connectivity index (χ3v) is 5.26. The topological polar surface area (TPSA) is 61.0 Å². The molecule has 1 amide bonds. The lowest BCUT2D eigenvalue weighted by Crippen LogP contribution is -2.30. The molecule has 0 radical (unpaired) electrons. The molecule has 138 valence electrons. The molecule has 1 aromatic heterocycles. The van der Waals surface area contributed by atoms with E-state index in [2.05, 4.69) is 44.7 Å². The van der Waals surface area contributed by atoms with Gasteiger partial charge < -0.3 is 5.32 Å². The molecule has 1 aliphatic rings. The van der Waals surface area contributed by atoms with E-state index in [1.165, 1.54) is 11.1 Å². The van der Waals surface area contributed by atoms with Crippen molar-refractivity contribution in [3.05, 3.63) is 82.0 Å². The third-order valence-electron chi connectivity index (χ3n) is 5.26. The van der Waals surface area contributed by atoms with Crippen molar-refractivity contribution in [2.24, 2.45) is 0 Å². The van der Waals surface area contributed by atoms with Gasteiger partial charge >= 0.3 is 0 Å². The second-order valence-corrected chi connectivity index (χ2v) is 7.23. The zero-order valence-electron chi connectivity index (χ0n) is 15.7. The lowest BCUT2D eigenvalue weighted by atomic mass is 10.0. The summed E-state index contributed by atoms with van der Waals surface area (Å²) in [6, 6.07) is 16.2. The first-order chi connectivity index (χ1) is 13.1. The molecule has 0 saturated carbocycles. The van der Waals surface area contributed by atoms with Crippen molar-refractivity contribution in [3.63, 3.8) is 0 Å². The van der Waals surface area contributed by atoms with Crippen molar-refractivity contribution in [2.75, 3.05) is 11.9 Å². The molecule has 2 aromatic carbocycles. The number of aromatic nitrogens is 2. The predicted molar refractivity (Wildman–Crippen MR) is 107 cm³/mol. The molecule has 0 aliphatic carbocycles. The molecular weight excluding hydrogens is 336 g/mol. The number of aryl methyl sites for hydroxylation is 2. The molecule has 2 N–H and O–H groups in total. The summed E-state index contributed by atoms with van der Waals surface area (Å²) < 4.78 is 0. The maximum Gasteiger partial charge on any atom is 0.256 e. The Balaban J connectivity index is 1.45. The molecule has 0 bridgehead atoms. The quantitative estimate of drug-likeness (QED) is 0.743. The van der Waals surface area contributed by atoms with E-state index in [9.17, 15) is 4.79 Å². The average Bonchev–Trinajstić information content (AvgIpc) is 3.07. The minimum atomic E-state index is -0.112. The summed E-state index contributed by atoms with van der Waals surface area (Å²) in [5.74, 6) is 0.548. The SMILES string of the molecule is Cc1ccc(C(=O)Nc2n[nH]c3c2CCN(Cc2ccccc2)C3)cc1C. The number of hydrogen-bond donors (Lipinski definition) is 2. The van der Waals surface area contributed by atoms with E-state index in [1.54, 1.807) is 0 Å². The fourth-order valence-electron chi connectivity index (χ4n) is 3.52. The van der Waals surface area contributed by atoms with Crippen molar-refractivity contribution in [3.8, 4) is 0 Å². The van der Waals surface area contributed by atoms with Gasteiger partial charge in [0.25, 0.3) is 5.91 Å². The number of benzene rings is 2. The number of amides is 1. The number of rotatable bonds is 4. The molecule has 27 heavy (non-hydrogen) atoms. The highest BCUT2D eigenvalue weighted by Crippen LogP contribution is 2.25. The Morgan fingerprint density at radius 3 is 2.74 bits per heavy atom. The van der Waals surface area contributed by atoms with Crippen molar-refractivity contribution in [2.45, 2.75) is 33.4 Å². The van der Waals surface area contributed by atoms with E-state index in [4.69, 9.17) is 0 Å². The highest BCUT2D eigenvalue weighted by atomic mass is 16.1. The largest absolute Gasteiger partial charge is 0.305 e. The van der Waals surface area contributed by atoms with Crippen LogP contribution in [0.5, 0.6) is 0 Å². The van der Waals surface area contributed by atoms with Crippen LogP contribution in [0.2, 0.25) is 0 Å². The highest BCUT2D eigenvalue weighted by molar-refractivity contribution is 6.04. The Morgan fingerprint density at radius 1 is 1.15 bits per heavy atom. The molecule has 4 rings (SSSR count). The first-order valence-electron chi connectivity index (χ1n) is 9.31. The Morgan fingerprint density at radius 2 is 1.96 bits per heavy atom. The maximum atomic E-state index is 12.6. The first kappa shape index (κ1) is 17.5. The number of carbonyl (C=O) groups excluding carboxylic acids is 1. The van der Waals surface area contributed by atoms with Crippen molar-refractivity contribution < 1.29 is 4.79 Å². The van der Waals surface area contributed by atoms with Crippen LogP contribution >= 0.6 is 0 Å². The van der Waals surface area contributed by atoms with Crippen molar-refractivity contribution in [1.29, 1.82) is 0 Å². The number of hydrogen-bond acceptors (Lipinski definition) is 3. The maximum absolute atomic E-state index is 12.6. The van der Waals surface area contributed by atoms with E-state index in [0.29, 0.717) is 11.4 Å². The normalized spacial score (nSPS) is 14.0. The zero-order chi connectivity index (χ0) is 18.8. The van der Waals surface area contributed by atoms with Crippen molar-refractivity contribution in [1.82, 2.24) is 15.1 Å². The third kappa shape index (κ3) is 3.78. The lowest BCUT2D eigenvalue weighted by molar-refractivity contribution is 0.102. The molecular formula is C22H24N4O. The van der Waals surface area contributed by atoms with Crippen LogP contribution in [-0.2, 0) is 19.5 Å². The van der Waals surface area contributed by atoms with Crippen LogP contribution in [0.25, 0.3) is 0 Å². The van der Waals surface area contributed by atoms with E-state index < -0.39 is 0 Å². The molecule has 2 heterocycles. The second kappa shape index (κ2) is 7.37. The van der Waals surface area contributed by atoms with Crippen LogP contribution in [0.1, 0.15) is 38.3 Å². The van der Waals surface area contributed by atoms with Crippen LogP contribution in [0.15, 0.2) is 48.5 Å². The van der Waals surface area contributed by atoms with Gasteiger partial charge in [0.05, 0.1) is 5.69 Å². The smallest absolute Gasteiger partial charge is 0.256 e. The monoisotopic (exact) mass is 360 g/mol. The number of nitrogens with zero attached hydrogens (tertiary/aromatic N) is 2. The summed E-state index contributed by atoms with van der Waals surface area (Å²) in [4.78, 5) is 15.0. The predicted octanol–water partition coefficient (Wildman–Crippen LogP) is 3.84. The molecule has 5 heteroatoms. The van der Waals surface area contributed by atoms with Gasteiger partial charge in [-0.15, -0.1) is 0 Å². The first-order valence-corrected chi connectivity index (χ1v) is 9.31. The lowest BCUT2D eigenvalue weighted by Gasteiger charge is -2.26. The average molecular weight is 360 g/mol. The van der Waals surface area contributed by atoms with Gasteiger partial charge in [-0.05, 0) is 49.1 Å². The van der Waals surface area contributed by atoms with Crippen LogP contribution in [0.4, 0.5) is 5.82 Å². The molecule has 0 atom stereocenters. The number of nitrogens with one attached hydrogen (secondary N) is 2. The van der Waals surface area contributed by atoms with Crippen LogP contribution in [0, 0.1) is 13.8 Å². The van der Waals surface area contributed by atoms with Gasteiger partial charge in [0.2, 0.25) is 0 Å². The number of carbonyl (C=O) groups is 1. The molecule has 0 spiro atoms. The van der Waals surface area contributed by atoms with Gasteiger partial charge in [-0.25, -0.2) is 0 Å². The van der Waals surface area contributed by atoms with E-state index >= 15 is 0 Å². The van der Waals surface area contributed by atoms with E-state index in [1.807, 2.05) is 38.1 Å². The number of fused-ring (bicyclic) bond motifs is 1. The Labute approximate surface area is 159 Å². The fourth-order valence-corrected chi connectivity index (χ4v) is 3.52. The summed E-state index contributed by atoms with van der Waals surface area (Å²) >= 11 is 0. The minimum Gasteiger partial charge on any atom is -0.305 e. The van der Waals surface area contributed by atoms with Gasteiger partial charge in [-0.1, -0.05) is 36.4 Å². The fraction of sp³-hybridized carbons (Fsp3) is 0.273. The number of H-pyrrole nitrogens is 1. The van der Waals surface area contributed by atoms with E-state index in [0.717, 1.165) is 42.9 Å². The Bertz CT molecular complexity index is 962. The molecule has 5 nitrogen and oxygen atoms in total. The molecule has 0 saturated heterocycles. The summed E-state index contributed by atoms with van der Waals surface area (Å²) in [6.45, 7) is 6.75. The zero-order valence-corrected chi connectivity index (χ0v) is 15.7. The Hall–Kier alpha value is -2.92. The van der Waals surface area contributed by atoms with Gasteiger partial charge in [-0.3, -0.25) is 14.8 Å². The van der Waals surface area contributed by atoms with Gasteiger partial charge in [0, 0.05) is 30.8 Å². The standard InChI is InChI=1S/C22H24N4O/c1-15-8-9-18(12-16(15)2)22(27)23-21-19-10-11-26(14-20(19)24-25-21)13-17-6-4-3-5-7-17/h3-9,12H,10-11,13-14H2,1-2H3,(H2,23,24,25,27). The van der Waals surface area contributed by atoms with Crippen molar-refractivity contribution >= 4 is 11.7 Å². The van der Waals surface area contributed by atoms with Gasteiger partial charge in [0.1, 0.15) is 0 Å². The number of anilines is 1. The van der Waals surface area contributed by atoms with Crippen LogP contribution in [0.3, 0.4) is 0 Å². The highest BCUT2D eigenvalue weighted by Gasteiger charge is 2.23. The van der Waals surface area contributed by atoms with Crippen LogP contribution in [-0.4, -0.2) is 27.5 Å². The molecule has 0 unspecified atom stereocenters.